The molecule has 4 nitrogen and oxygen atoms in total. The van der Waals surface area contributed by atoms with Crippen LogP contribution in [0.2, 0.25) is 0 Å². The van der Waals surface area contributed by atoms with Gasteiger partial charge in [-0.3, -0.25) is 4.79 Å². The van der Waals surface area contributed by atoms with E-state index in [0.717, 1.165) is 5.56 Å². The van der Waals surface area contributed by atoms with Crippen molar-refractivity contribution in [2.24, 2.45) is 0 Å². The molecule has 1 atom stereocenters. The first kappa shape index (κ1) is 16.0. The largest absolute Gasteiger partial charge is 0.493 e. The fourth-order valence-electron chi connectivity index (χ4n) is 2.20. The first-order valence-electron chi connectivity index (χ1n) is 7.45. The second-order valence-electron chi connectivity index (χ2n) is 4.90. The molecule has 2 aromatic rings. The summed E-state index contributed by atoms with van der Waals surface area (Å²) >= 11 is 0. The number of aliphatic hydroxyl groups excluding tert-OH is 1. The Bertz CT molecular complexity index is 598. The molecule has 22 heavy (non-hydrogen) atoms. The quantitative estimate of drug-likeness (QED) is 0.826. The van der Waals surface area contributed by atoms with Crippen molar-refractivity contribution in [3.05, 3.63) is 65.7 Å². The minimum absolute atomic E-state index is 0.190. The van der Waals surface area contributed by atoms with Crippen molar-refractivity contribution in [1.82, 2.24) is 5.32 Å². The Morgan fingerprint density at radius 1 is 1.14 bits per heavy atom. The van der Waals surface area contributed by atoms with E-state index in [0.29, 0.717) is 30.9 Å². The van der Waals surface area contributed by atoms with Crippen molar-refractivity contribution in [2.75, 3.05) is 13.2 Å². The highest BCUT2D eigenvalue weighted by Gasteiger charge is 2.12. The Labute approximate surface area is 130 Å². The monoisotopic (exact) mass is 299 g/mol. The Balaban J connectivity index is 1.88. The number of ether oxygens (including phenoxy) is 1. The molecule has 2 rings (SSSR count). The maximum atomic E-state index is 12.2. The molecule has 0 heterocycles. The zero-order valence-electron chi connectivity index (χ0n) is 12.7. The summed E-state index contributed by atoms with van der Waals surface area (Å²) in [5.74, 6) is 0.385. The fourth-order valence-corrected chi connectivity index (χ4v) is 2.20. The third-order valence-corrected chi connectivity index (χ3v) is 3.32. The van der Waals surface area contributed by atoms with Crippen LogP contribution in [0, 0.1) is 0 Å². The van der Waals surface area contributed by atoms with Crippen LogP contribution in [0.3, 0.4) is 0 Å². The maximum absolute atomic E-state index is 12.2. The first-order chi connectivity index (χ1) is 10.7. The van der Waals surface area contributed by atoms with Crippen LogP contribution in [0.4, 0.5) is 0 Å². The molecule has 2 aromatic carbocycles. The SMILES string of the molecule is CCOc1ccccc1C(=O)NCCC(O)c1ccccc1. The van der Waals surface area contributed by atoms with E-state index in [9.17, 15) is 9.90 Å². The van der Waals surface area contributed by atoms with Gasteiger partial charge in [-0.1, -0.05) is 42.5 Å². The van der Waals surface area contributed by atoms with Crippen molar-refractivity contribution in [1.29, 1.82) is 0 Å². The van der Waals surface area contributed by atoms with E-state index >= 15 is 0 Å². The lowest BCUT2D eigenvalue weighted by Crippen LogP contribution is -2.26. The minimum Gasteiger partial charge on any atom is -0.493 e. The van der Waals surface area contributed by atoms with Crippen LogP contribution in [0.25, 0.3) is 0 Å². The van der Waals surface area contributed by atoms with E-state index in [-0.39, 0.29) is 5.91 Å². The predicted molar refractivity (Wildman–Crippen MR) is 86.0 cm³/mol. The van der Waals surface area contributed by atoms with Gasteiger partial charge in [0.15, 0.2) is 0 Å². The van der Waals surface area contributed by atoms with E-state index in [1.807, 2.05) is 43.3 Å². The van der Waals surface area contributed by atoms with Gasteiger partial charge in [0.1, 0.15) is 5.75 Å². The topological polar surface area (TPSA) is 58.6 Å². The van der Waals surface area contributed by atoms with Crippen LogP contribution in [0.15, 0.2) is 54.6 Å². The third-order valence-electron chi connectivity index (χ3n) is 3.32. The molecule has 0 aliphatic rings. The molecule has 0 spiro atoms. The molecule has 0 saturated heterocycles. The molecule has 0 aliphatic heterocycles. The summed E-state index contributed by atoms with van der Waals surface area (Å²) in [5, 5.41) is 12.9. The summed E-state index contributed by atoms with van der Waals surface area (Å²) < 4.78 is 5.44. The lowest BCUT2D eigenvalue weighted by Gasteiger charge is -2.13. The van der Waals surface area contributed by atoms with Crippen LogP contribution in [0.1, 0.15) is 35.4 Å². The molecule has 2 N–H and O–H groups in total. The van der Waals surface area contributed by atoms with Gasteiger partial charge < -0.3 is 15.2 Å². The summed E-state index contributed by atoms with van der Waals surface area (Å²) in [6, 6.07) is 16.6. The van der Waals surface area contributed by atoms with Gasteiger partial charge in [-0.15, -0.1) is 0 Å². The van der Waals surface area contributed by atoms with Crippen molar-refractivity contribution in [2.45, 2.75) is 19.4 Å². The second kappa shape index (κ2) is 8.20. The van der Waals surface area contributed by atoms with Crippen molar-refractivity contribution >= 4 is 5.91 Å². The molecule has 0 saturated carbocycles. The summed E-state index contributed by atoms with van der Waals surface area (Å²) in [7, 11) is 0. The van der Waals surface area contributed by atoms with E-state index in [1.165, 1.54) is 0 Å². The average Bonchev–Trinajstić information content (AvgIpc) is 2.56. The Morgan fingerprint density at radius 2 is 1.82 bits per heavy atom. The highest BCUT2D eigenvalue weighted by atomic mass is 16.5. The number of para-hydroxylation sites is 1. The number of nitrogens with one attached hydrogen (secondary N) is 1. The highest BCUT2D eigenvalue weighted by Crippen LogP contribution is 2.18. The van der Waals surface area contributed by atoms with Crippen molar-refractivity contribution < 1.29 is 14.6 Å². The van der Waals surface area contributed by atoms with Gasteiger partial charge in [0.05, 0.1) is 18.3 Å². The number of amides is 1. The fraction of sp³-hybridized carbons (Fsp3) is 0.278. The van der Waals surface area contributed by atoms with Gasteiger partial charge in [0.25, 0.3) is 5.91 Å². The number of carbonyl (C=O) groups is 1. The maximum Gasteiger partial charge on any atom is 0.255 e. The van der Waals surface area contributed by atoms with Crippen molar-refractivity contribution in [3.63, 3.8) is 0 Å². The Kier molecular flexibility index (Phi) is 5.98. The molecule has 4 heteroatoms. The van der Waals surface area contributed by atoms with Crippen LogP contribution in [0.5, 0.6) is 5.75 Å². The number of hydrogen-bond donors (Lipinski definition) is 2. The average molecular weight is 299 g/mol. The number of aliphatic hydroxyl groups is 1. The lowest BCUT2D eigenvalue weighted by atomic mass is 10.1. The molecule has 116 valence electrons. The van der Waals surface area contributed by atoms with E-state index in [4.69, 9.17) is 4.74 Å². The van der Waals surface area contributed by atoms with Gasteiger partial charge >= 0.3 is 0 Å². The van der Waals surface area contributed by atoms with Gasteiger partial charge in [-0.25, -0.2) is 0 Å². The normalized spacial score (nSPS) is 11.7. The third kappa shape index (κ3) is 4.33. The molecular weight excluding hydrogens is 278 g/mol. The van der Waals surface area contributed by atoms with Gasteiger partial charge in [-0.2, -0.15) is 0 Å². The van der Waals surface area contributed by atoms with Gasteiger partial charge in [0, 0.05) is 6.54 Å². The Hall–Kier alpha value is -2.33. The summed E-state index contributed by atoms with van der Waals surface area (Å²) in [6.07, 6.45) is -0.115. The lowest BCUT2D eigenvalue weighted by molar-refractivity contribution is 0.0939. The van der Waals surface area contributed by atoms with Gasteiger partial charge in [-0.05, 0) is 31.0 Å². The van der Waals surface area contributed by atoms with Crippen LogP contribution in [-0.4, -0.2) is 24.2 Å². The van der Waals surface area contributed by atoms with E-state index in [1.54, 1.807) is 18.2 Å². The zero-order chi connectivity index (χ0) is 15.8. The molecule has 0 radical (unpaired) electrons. The standard InChI is InChI=1S/C18H21NO3/c1-2-22-17-11-7-6-10-15(17)18(21)19-13-12-16(20)14-8-4-3-5-9-14/h3-11,16,20H,2,12-13H2,1H3,(H,19,21). The molecule has 1 amide bonds. The second-order valence-corrected chi connectivity index (χ2v) is 4.90. The molecule has 0 aromatic heterocycles. The number of rotatable bonds is 7. The number of benzene rings is 2. The molecular formula is C18H21NO3. The molecule has 0 fully saturated rings. The van der Waals surface area contributed by atoms with Crippen molar-refractivity contribution in [3.8, 4) is 5.75 Å². The molecule has 0 aliphatic carbocycles. The summed E-state index contributed by atoms with van der Waals surface area (Å²) in [4.78, 5) is 12.2. The summed E-state index contributed by atoms with van der Waals surface area (Å²) in [5.41, 5.74) is 1.37. The van der Waals surface area contributed by atoms with Crippen LogP contribution >= 0.6 is 0 Å². The number of hydrogen-bond acceptors (Lipinski definition) is 3. The zero-order valence-corrected chi connectivity index (χ0v) is 12.7. The minimum atomic E-state index is -0.580. The molecule has 0 bridgehead atoms. The molecule has 1 unspecified atom stereocenters. The number of carbonyl (C=O) groups excluding carboxylic acids is 1. The van der Waals surface area contributed by atoms with Crippen LogP contribution < -0.4 is 10.1 Å². The Morgan fingerprint density at radius 3 is 2.55 bits per heavy atom. The van der Waals surface area contributed by atoms with E-state index < -0.39 is 6.10 Å². The highest BCUT2D eigenvalue weighted by molar-refractivity contribution is 5.96. The summed E-state index contributed by atoms with van der Waals surface area (Å²) in [6.45, 7) is 2.79. The van der Waals surface area contributed by atoms with Crippen LogP contribution in [-0.2, 0) is 0 Å². The first-order valence-corrected chi connectivity index (χ1v) is 7.45. The predicted octanol–water partition coefficient (Wildman–Crippen LogP) is 2.94. The van der Waals surface area contributed by atoms with E-state index in [2.05, 4.69) is 5.32 Å². The van der Waals surface area contributed by atoms with Gasteiger partial charge in [0.2, 0.25) is 0 Å². The smallest absolute Gasteiger partial charge is 0.255 e.